The van der Waals surface area contributed by atoms with Crippen LogP contribution < -0.4 is 20.7 Å². The SMILES string of the molecule is CCOC(=O)[C@H](CCCCCN)NC1COc2ccccc2N(CC(=O)O)C1=O. The Morgan fingerprint density at radius 3 is 2.79 bits per heavy atom. The molecule has 0 spiro atoms. The Morgan fingerprint density at radius 1 is 1.34 bits per heavy atom. The van der Waals surface area contributed by atoms with E-state index < -0.39 is 36.5 Å². The van der Waals surface area contributed by atoms with E-state index in [1.807, 2.05) is 0 Å². The van der Waals surface area contributed by atoms with Crippen LogP contribution in [0.1, 0.15) is 32.6 Å². The number of nitrogens with zero attached hydrogens (tertiary/aromatic N) is 1. The molecule has 0 saturated carbocycles. The first-order valence-corrected chi connectivity index (χ1v) is 9.85. The number of amides is 1. The second-order valence-electron chi connectivity index (χ2n) is 6.76. The van der Waals surface area contributed by atoms with Gasteiger partial charge in [0.05, 0.1) is 12.3 Å². The van der Waals surface area contributed by atoms with Crippen molar-refractivity contribution in [2.75, 3.05) is 31.2 Å². The Hall–Kier alpha value is -2.65. The van der Waals surface area contributed by atoms with Crippen molar-refractivity contribution in [2.24, 2.45) is 5.73 Å². The van der Waals surface area contributed by atoms with Gasteiger partial charge in [0.15, 0.2) is 0 Å². The molecule has 1 heterocycles. The van der Waals surface area contributed by atoms with Crippen LogP contribution in [0.15, 0.2) is 24.3 Å². The Labute approximate surface area is 170 Å². The average molecular weight is 407 g/mol. The molecule has 1 aromatic carbocycles. The molecule has 0 radical (unpaired) electrons. The van der Waals surface area contributed by atoms with Crippen LogP contribution in [0.2, 0.25) is 0 Å². The molecule has 29 heavy (non-hydrogen) atoms. The van der Waals surface area contributed by atoms with E-state index in [1.165, 1.54) is 4.90 Å². The maximum Gasteiger partial charge on any atom is 0.323 e. The molecule has 1 aliphatic rings. The van der Waals surface area contributed by atoms with Gasteiger partial charge in [-0.1, -0.05) is 25.0 Å². The molecule has 1 aromatic rings. The van der Waals surface area contributed by atoms with Gasteiger partial charge >= 0.3 is 11.9 Å². The molecule has 9 nitrogen and oxygen atoms in total. The summed E-state index contributed by atoms with van der Waals surface area (Å²) in [6.07, 6.45) is 2.94. The normalized spacial score (nSPS) is 17.1. The molecule has 0 saturated heterocycles. The van der Waals surface area contributed by atoms with Crippen molar-refractivity contribution >= 4 is 23.5 Å². The lowest BCUT2D eigenvalue weighted by atomic mass is 10.1. The second kappa shape index (κ2) is 11.4. The number of unbranched alkanes of at least 4 members (excludes halogenated alkanes) is 2. The minimum atomic E-state index is -1.14. The van der Waals surface area contributed by atoms with Gasteiger partial charge in [0.25, 0.3) is 0 Å². The fraction of sp³-hybridized carbons (Fsp3) is 0.550. The predicted octanol–water partition coefficient (Wildman–Crippen LogP) is 0.906. The summed E-state index contributed by atoms with van der Waals surface area (Å²) in [4.78, 5) is 38.0. The molecule has 0 bridgehead atoms. The van der Waals surface area contributed by atoms with E-state index in [0.717, 1.165) is 19.3 Å². The zero-order valence-corrected chi connectivity index (χ0v) is 16.6. The number of carboxylic acids is 1. The van der Waals surface area contributed by atoms with Gasteiger partial charge in [-0.3, -0.25) is 24.6 Å². The van der Waals surface area contributed by atoms with Gasteiger partial charge < -0.3 is 20.3 Å². The van der Waals surface area contributed by atoms with Gasteiger partial charge in [0, 0.05) is 0 Å². The summed E-state index contributed by atoms with van der Waals surface area (Å²) in [5.41, 5.74) is 5.90. The van der Waals surface area contributed by atoms with Gasteiger partial charge in [-0.05, 0) is 38.4 Å². The Balaban J connectivity index is 2.18. The number of rotatable bonds is 11. The van der Waals surface area contributed by atoms with E-state index in [9.17, 15) is 19.5 Å². The molecule has 4 N–H and O–H groups in total. The minimum Gasteiger partial charge on any atom is -0.489 e. The third-order valence-corrected chi connectivity index (χ3v) is 4.59. The van der Waals surface area contributed by atoms with E-state index in [0.29, 0.717) is 24.4 Å². The summed E-state index contributed by atoms with van der Waals surface area (Å²) in [5.74, 6) is -1.63. The number of para-hydroxylation sites is 2. The third-order valence-electron chi connectivity index (χ3n) is 4.59. The van der Waals surface area contributed by atoms with Crippen molar-refractivity contribution in [1.29, 1.82) is 0 Å². The van der Waals surface area contributed by atoms with Crippen LogP contribution in [0.25, 0.3) is 0 Å². The standard InChI is InChI=1S/C20H29N3O6/c1-2-28-20(27)14(8-4-3-7-11-21)22-15-13-29-17-10-6-5-9-16(17)23(19(15)26)12-18(24)25/h5-6,9-10,14-15,22H,2-4,7-8,11-13,21H2,1H3,(H,24,25)/t14-,15?/m0/s1. The molecule has 1 amide bonds. The van der Waals surface area contributed by atoms with Crippen molar-refractivity contribution in [3.05, 3.63) is 24.3 Å². The second-order valence-corrected chi connectivity index (χ2v) is 6.76. The number of hydrogen-bond acceptors (Lipinski definition) is 7. The number of carbonyl (C=O) groups excluding carboxylic acids is 2. The number of esters is 1. The van der Waals surface area contributed by atoms with Gasteiger partial charge in [-0.2, -0.15) is 0 Å². The molecular formula is C20H29N3O6. The maximum atomic E-state index is 13.1. The Bertz CT molecular complexity index is 711. The smallest absolute Gasteiger partial charge is 0.323 e. The van der Waals surface area contributed by atoms with E-state index >= 15 is 0 Å². The van der Waals surface area contributed by atoms with Gasteiger partial charge in [0.2, 0.25) is 5.91 Å². The average Bonchev–Trinajstić information content (AvgIpc) is 2.82. The lowest BCUT2D eigenvalue weighted by Gasteiger charge is -2.26. The quantitative estimate of drug-likeness (QED) is 0.364. The molecule has 0 fully saturated rings. The van der Waals surface area contributed by atoms with Crippen LogP contribution in [0.4, 0.5) is 5.69 Å². The van der Waals surface area contributed by atoms with Crippen molar-refractivity contribution in [3.8, 4) is 5.75 Å². The van der Waals surface area contributed by atoms with E-state index in [4.69, 9.17) is 15.2 Å². The minimum absolute atomic E-state index is 0.0231. The zero-order valence-electron chi connectivity index (χ0n) is 16.6. The summed E-state index contributed by atoms with van der Waals surface area (Å²) in [6.45, 7) is 2.00. The number of benzene rings is 1. The predicted molar refractivity (Wildman–Crippen MR) is 107 cm³/mol. The number of carbonyl (C=O) groups is 3. The van der Waals surface area contributed by atoms with Gasteiger partial charge in [0.1, 0.15) is 31.0 Å². The Morgan fingerprint density at radius 2 is 2.10 bits per heavy atom. The molecule has 1 aliphatic heterocycles. The summed E-state index contributed by atoms with van der Waals surface area (Å²) in [7, 11) is 0. The molecule has 160 valence electrons. The molecule has 0 aromatic heterocycles. The van der Waals surface area contributed by atoms with Crippen LogP contribution in [-0.2, 0) is 19.1 Å². The molecular weight excluding hydrogens is 378 g/mol. The third kappa shape index (κ3) is 6.43. The first-order valence-electron chi connectivity index (χ1n) is 9.85. The van der Waals surface area contributed by atoms with E-state index in [2.05, 4.69) is 5.32 Å². The van der Waals surface area contributed by atoms with Gasteiger partial charge in [-0.15, -0.1) is 0 Å². The summed E-state index contributed by atoms with van der Waals surface area (Å²) in [6, 6.07) is 5.18. The van der Waals surface area contributed by atoms with Crippen molar-refractivity contribution in [1.82, 2.24) is 5.32 Å². The van der Waals surface area contributed by atoms with Crippen molar-refractivity contribution < 1.29 is 29.0 Å². The van der Waals surface area contributed by atoms with Gasteiger partial charge in [-0.25, -0.2) is 0 Å². The first-order chi connectivity index (χ1) is 14.0. The van der Waals surface area contributed by atoms with Crippen LogP contribution in [-0.4, -0.2) is 61.3 Å². The van der Waals surface area contributed by atoms with Crippen LogP contribution >= 0.6 is 0 Å². The number of ether oxygens (including phenoxy) is 2. The maximum absolute atomic E-state index is 13.1. The Kier molecular flexibility index (Phi) is 8.88. The van der Waals surface area contributed by atoms with Crippen molar-refractivity contribution in [2.45, 2.75) is 44.7 Å². The highest BCUT2D eigenvalue weighted by Gasteiger charge is 2.35. The largest absolute Gasteiger partial charge is 0.489 e. The summed E-state index contributed by atoms with van der Waals surface area (Å²) in [5, 5.41) is 12.3. The molecule has 2 atom stereocenters. The highest BCUT2D eigenvalue weighted by Crippen LogP contribution is 2.31. The highest BCUT2D eigenvalue weighted by atomic mass is 16.5. The van der Waals surface area contributed by atoms with Crippen LogP contribution in [0.3, 0.4) is 0 Å². The fourth-order valence-electron chi connectivity index (χ4n) is 3.20. The summed E-state index contributed by atoms with van der Waals surface area (Å²) < 4.78 is 10.9. The van der Waals surface area contributed by atoms with Crippen LogP contribution in [0, 0.1) is 0 Å². The number of anilines is 1. The lowest BCUT2D eigenvalue weighted by Crippen LogP contribution is -2.54. The molecule has 2 rings (SSSR count). The number of nitrogens with one attached hydrogen (secondary N) is 1. The number of nitrogens with two attached hydrogens (primary N) is 1. The number of hydrogen-bond donors (Lipinski definition) is 3. The number of aliphatic carboxylic acids is 1. The monoisotopic (exact) mass is 407 g/mol. The molecule has 9 heteroatoms. The number of carboxylic acid groups (broad SMARTS) is 1. The van der Waals surface area contributed by atoms with Crippen molar-refractivity contribution in [3.63, 3.8) is 0 Å². The first kappa shape index (κ1) is 22.6. The zero-order chi connectivity index (χ0) is 21.2. The number of fused-ring (bicyclic) bond motifs is 1. The topological polar surface area (TPSA) is 131 Å². The van der Waals surface area contributed by atoms with E-state index in [1.54, 1.807) is 31.2 Å². The summed E-state index contributed by atoms with van der Waals surface area (Å²) >= 11 is 0. The fourth-order valence-corrected chi connectivity index (χ4v) is 3.20. The molecule has 1 unspecified atom stereocenters. The molecule has 0 aliphatic carbocycles. The highest BCUT2D eigenvalue weighted by molar-refractivity contribution is 6.02. The lowest BCUT2D eigenvalue weighted by molar-refractivity contribution is -0.146. The van der Waals surface area contributed by atoms with E-state index in [-0.39, 0.29) is 13.2 Å². The van der Waals surface area contributed by atoms with Crippen LogP contribution in [0.5, 0.6) is 5.75 Å².